The molecule has 108 valence electrons. The van der Waals surface area contributed by atoms with Gasteiger partial charge >= 0.3 is 0 Å². The number of nitrogens with zero attached hydrogens (tertiary/aromatic N) is 1. The summed E-state index contributed by atoms with van der Waals surface area (Å²) < 4.78 is 5.32. The molecule has 0 unspecified atom stereocenters. The third kappa shape index (κ3) is 4.76. The maximum Gasteiger partial charge on any atom is 0.277 e. The van der Waals surface area contributed by atoms with E-state index in [4.69, 9.17) is 4.74 Å². The monoisotopic (exact) mass is 282 g/mol. The molecular weight excluding hydrogens is 264 g/mol. The van der Waals surface area contributed by atoms with Crippen LogP contribution in [0, 0.1) is 13.8 Å². The van der Waals surface area contributed by atoms with Crippen LogP contribution in [-0.4, -0.2) is 18.7 Å². The van der Waals surface area contributed by atoms with E-state index in [1.165, 1.54) is 5.56 Å². The van der Waals surface area contributed by atoms with Crippen molar-refractivity contribution in [1.82, 2.24) is 5.43 Å². The van der Waals surface area contributed by atoms with Crippen LogP contribution in [0.2, 0.25) is 0 Å². The molecule has 0 saturated carbocycles. The van der Waals surface area contributed by atoms with Gasteiger partial charge in [-0.05, 0) is 37.1 Å². The minimum atomic E-state index is -0.292. The van der Waals surface area contributed by atoms with Crippen LogP contribution >= 0.6 is 0 Å². The van der Waals surface area contributed by atoms with Crippen molar-refractivity contribution < 1.29 is 9.53 Å². The largest absolute Gasteiger partial charge is 0.484 e. The van der Waals surface area contributed by atoms with Crippen LogP contribution in [0.1, 0.15) is 16.7 Å². The number of para-hydroxylation sites is 1. The number of nitrogens with one attached hydrogen (secondary N) is 1. The minimum Gasteiger partial charge on any atom is -0.484 e. The molecule has 4 heteroatoms. The summed E-state index contributed by atoms with van der Waals surface area (Å²) in [6, 6.07) is 15.2. The molecule has 0 spiro atoms. The summed E-state index contributed by atoms with van der Waals surface area (Å²) >= 11 is 0. The van der Waals surface area contributed by atoms with Gasteiger partial charge in [-0.15, -0.1) is 0 Å². The summed E-state index contributed by atoms with van der Waals surface area (Å²) in [5, 5.41) is 3.94. The fraction of sp³-hybridized carbons (Fsp3) is 0.176. The summed E-state index contributed by atoms with van der Waals surface area (Å²) in [5.41, 5.74) is 5.74. The van der Waals surface area contributed by atoms with E-state index >= 15 is 0 Å². The highest BCUT2D eigenvalue weighted by atomic mass is 16.5. The van der Waals surface area contributed by atoms with Gasteiger partial charge in [0, 0.05) is 0 Å². The zero-order chi connectivity index (χ0) is 15.1. The fourth-order valence-electron chi connectivity index (χ4n) is 1.84. The minimum absolute atomic E-state index is 0.0613. The predicted octanol–water partition coefficient (Wildman–Crippen LogP) is 2.83. The first kappa shape index (κ1) is 14.8. The number of aryl methyl sites for hydroxylation is 2. The average Bonchev–Trinajstić information content (AvgIpc) is 2.48. The molecule has 4 nitrogen and oxygen atoms in total. The topological polar surface area (TPSA) is 50.7 Å². The Kier molecular flexibility index (Phi) is 5.10. The second kappa shape index (κ2) is 7.24. The Morgan fingerprint density at radius 1 is 1.19 bits per heavy atom. The van der Waals surface area contributed by atoms with Crippen molar-refractivity contribution >= 4 is 12.1 Å². The van der Waals surface area contributed by atoms with E-state index < -0.39 is 0 Å². The summed E-state index contributed by atoms with van der Waals surface area (Å²) in [5.74, 6) is 0.367. The molecule has 0 aliphatic carbocycles. The van der Waals surface area contributed by atoms with Crippen molar-refractivity contribution in [1.29, 1.82) is 0 Å². The van der Waals surface area contributed by atoms with E-state index in [-0.39, 0.29) is 12.5 Å². The number of hydrazone groups is 1. The van der Waals surface area contributed by atoms with Crippen molar-refractivity contribution in [2.24, 2.45) is 5.10 Å². The lowest BCUT2D eigenvalue weighted by Gasteiger charge is -2.04. The predicted molar refractivity (Wildman–Crippen MR) is 83.6 cm³/mol. The van der Waals surface area contributed by atoms with Crippen LogP contribution in [-0.2, 0) is 4.79 Å². The lowest BCUT2D eigenvalue weighted by Crippen LogP contribution is -2.24. The smallest absolute Gasteiger partial charge is 0.277 e. The molecule has 1 amide bonds. The molecule has 0 fully saturated rings. The number of hydrogen-bond donors (Lipinski definition) is 1. The quantitative estimate of drug-likeness (QED) is 0.677. The zero-order valence-electron chi connectivity index (χ0n) is 12.2. The third-order valence-electron chi connectivity index (χ3n) is 2.93. The van der Waals surface area contributed by atoms with Gasteiger partial charge in [-0.3, -0.25) is 4.79 Å². The number of hydrogen-bond acceptors (Lipinski definition) is 3. The maximum atomic E-state index is 11.6. The molecule has 0 radical (unpaired) electrons. The molecule has 2 aromatic rings. The Morgan fingerprint density at radius 3 is 2.67 bits per heavy atom. The Hall–Kier alpha value is -2.62. The maximum absolute atomic E-state index is 11.6. The molecule has 1 N–H and O–H groups in total. The first-order chi connectivity index (χ1) is 10.1. The molecule has 0 atom stereocenters. The number of rotatable bonds is 5. The summed E-state index contributed by atoms with van der Waals surface area (Å²) in [7, 11) is 0. The van der Waals surface area contributed by atoms with Gasteiger partial charge in [-0.25, -0.2) is 5.43 Å². The van der Waals surface area contributed by atoms with Crippen molar-refractivity contribution in [3.8, 4) is 5.75 Å². The van der Waals surface area contributed by atoms with Crippen LogP contribution < -0.4 is 10.2 Å². The van der Waals surface area contributed by atoms with Gasteiger partial charge in [0.2, 0.25) is 0 Å². The van der Waals surface area contributed by atoms with Gasteiger partial charge in [0.1, 0.15) is 5.75 Å². The highest BCUT2D eigenvalue weighted by Gasteiger charge is 2.01. The SMILES string of the molecule is Cc1ccc(/C=N/NC(=O)COc2ccccc2)c(C)c1. The average molecular weight is 282 g/mol. The number of amides is 1. The van der Waals surface area contributed by atoms with E-state index in [2.05, 4.69) is 16.6 Å². The molecule has 0 aromatic heterocycles. The van der Waals surface area contributed by atoms with E-state index in [0.29, 0.717) is 5.75 Å². The van der Waals surface area contributed by atoms with Gasteiger partial charge in [0.15, 0.2) is 6.61 Å². The molecule has 0 aliphatic heterocycles. The van der Waals surface area contributed by atoms with Gasteiger partial charge in [-0.1, -0.05) is 42.0 Å². The Bertz CT molecular complexity index is 636. The van der Waals surface area contributed by atoms with E-state index in [1.54, 1.807) is 18.3 Å². The number of carbonyl (C=O) groups is 1. The fourth-order valence-corrected chi connectivity index (χ4v) is 1.84. The molecule has 2 rings (SSSR count). The van der Waals surface area contributed by atoms with Crippen LogP contribution in [0.15, 0.2) is 53.6 Å². The summed E-state index contributed by atoms with van der Waals surface area (Å²) in [6.07, 6.45) is 1.63. The zero-order valence-corrected chi connectivity index (χ0v) is 12.2. The van der Waals surface area contributed by atoms with Crippen LogP contribution in [0.25, 0.3) is 0 Å². The molecular formula is C17H18N2O2. The first-order valence-electron chi connectivity index (χ1n) is 6.72. The normalized spacial score (nSPS) is 10.6. The molecule has 0 heterocycles. The molecule has 0 aliphatic rings. The van der Waals surface area contributed by atoms with Gasteiger partial charge in [0.25, 0.3) is 5.91 Å². The molecule has 0 saturated heterocycles. The summed E-state index contributed by atoms with van der Waals surface area (Å²) in [6.45, 7) is 3.99. The standard InChI is InChI=1S/C17H18N2O2/c1-13-8-9-15(14(2)10-13)11-18-19-17(20)12-21-16-6-4-3-5-7-16/h3-11H,12H2,1-2H3,(H,19,20)/b18-11+. The van der Waals surface area contributed by atoms with Crippen molar-refractivity contribution in [3.63, 3.8) is 0 Å². The first-order valence-corrected chi connectivity index (χ1v) is 6.72. The van der Waals surface area contributed by atoms with Gasteiger partial charge in [-0.2, -0.15) is 5.10 Å². The molecule has 0 bridgehead atoms. The van der Waals surface area contributed by atoms with Crippen molar-refractivity contribution in [2.45, 2.75) is 13.8 Å². The molecule has 21 heavy (non-hydrogen) atoms. The second-order valence-corrected chi connectivity index (χ2v) is 4.75. The Balaban J connectivity index is 1.82. The summed E-state index contributed by atoms with van der Waals surface area (Å²) in [4.78, 5) is 11.6. The highest BCUT2D eigenvalue weighted by molar-refractivity contribution is 5.84. The molecule has 2 aromatic carbocycles. The number of benzene rings is 2. The van der Waals surface area contributed by atoms with Crippen molar-refractivity contribution in [2.75, 3.05) is 6.61 Å². The van der Waals surface area contributed by atoms with Gasteiger partial charge in [0.05, 0.1) is 6.21 Å². The van der Waals surface area contributed by atoms with Crippen molar-refractivity contribution in [3.05, 3.63) is 65.2 Å². The Labute approximate surface area is 124 Å². The van der Waals surface area contributed by atoms with Crippen LogP contribution in [0.5, 0.6) is 5.75 Å². The second-order valence-electron chi connectivity index (χ2n) is 4.75. The van der Waals surface area contributed by atoms with E-state index in [1.807, 2.05) is 44.2 Å². The van der Waals surface area contributed by atoms with Crippen LogP contribution in [0.3, 0.4) is 0 Å². The number of carbonyl (C=O) groups excluding carboxylic acids is 1. The van der Waals surface area contributed by atoms with E-state index in [0.717, 1.165) is 11.1 Å². The van der Waals surface area contributed by atoms with Crippen LogP contribution in [0.4, 0.5) is 0 Å². The Morgan fingerprint density at radius 2 is 1.95 bits per heavy atom. The highest BCUT2D eigenvalue weighted by Crippen LogP contribution is 2.08. The third-order valence-corrected chi connectivity index (χ3v) is 2.93. The van der Waals surface area contributed by atoms with E-state index in [9.17, 15) is 4.79 Å². The lowest BCUT2D eigenvalue weighted by molar-refractivity contribution is -0.123. The lowest BCUT2D eigenvalue weighted by atomic mass is 10.1. The number of ether oxygens (including phenoxy) is 1. The van der Waals surface area contributed by atoms with Gasteiger partial charge < -0.3 is 4.74 Å².